The molecule has 0 amide bonds. The molecular weight excluding hydrogens is 284 g/mol. The van der Waals surface area contributed by atoms with Crippen LogP contribution >= 0.6 is 27.3 Å². The van der Waals surface area contributed by atoms with Crippen molar-refractivity contribution in [3.05, 3.63) is 28.1 Å². The molecule has 0 aliphatic carbocycles. The number of rotatable bonds is 1. The van der Waals surface area contributed by atoms with E-state index in [0.717, 1.165) is 26.2 Å². The van der Waals surface area contributed by atoms with Gasteiger partial charge in [0.2, 0.25) is 0 Å². The van der Waals surface area contributed by atoms with Crippen molar-refractivity contribution < 1.29 is 0 Å². The molecule has 3 rings (SSSR count). The number of hydrogen-bond donors (Lipinski definition) is 1. The van der Waals surface area contributed by atoms with Crippen molar-refractivity contribution in [1.29, 1.82) is 0 Å². The molecule has 0 atom stereocenters. The topological polar surface area (TPSA) is 15.3 Å². The van der Waals surface area contributed by atoms with E-state index in [2.05, 4.69) is 50.4 Å². The van der Waals surface area contributed by atoms with Gasteiger partial charge in [-0.15, -0.1) is 11.3 Å². The van der Waals surface area contributed by atoms with Crippen LogP contribution < -0.4 is 10.2 Å². The third-order valence-corrected chi connectivity index (χ3v) is 4.57. The number of hydrogen-bond acceptors (Lipinski definition) is 3. The lowest BCUT2D eigenvalue weighted by Gasteiger charge is -2.30. The summed E-state index contributed by atoms with van der Waals surface area (Å²) in [5.41, 5.74) is 1.38. The predicted octanol–water partition coefficient (Wildman–Crippen LogP) is 3.07. The second kappa shape index (κ2) is 4.35. The van der Waals surface area contributed by atoms with Crippen molar-refractivity contribution in [2.45, 2.75) is 0 Å². The highest BCUT2D eigenvalue weighted by atomic mass is 79.9. The summed E-state index contributed by atoms with van der Waals surface area (Å²) in [4.78, 5) is 2.47. The maximum Gasteiger partial charge on any atom is 0.0711 e. The number of benzene rings is 1. The molecule has 0 unspecified atom stereocenters. The van der Waals surface area contributed by atoms with Gasteiger partial charge in [-0.05, 0) is 34.1 Å². The minimum absolute atomic E-state index is 1.09. The highest BCUT2D eigenvalue weighted by Crippen LogP contribution is 2.35. The van der Waals surface area contributed by atoms with Crippen molar-refractivity contribution in [3.63, 3.8) is 0 Å². The van der Waals surface area contributed by atoms with Gasteiger partial charge in [0.05, 0.1) is 3.79 Å². The van der Waals surface area contributed by atoms with Gasteiger partial charge in [-0.1, -0.05) is 6.07 Å². The van der Waals surface area contributed by atoms with Gasteiger partial charge < -0.3 is 10.2 Å². The van der Waals surface area contributed by atoms with Crippen molar-refractivity contribution in [2.24, 2.45) is 0 Å². The first-order valence-corrected chi connectivity index (χ1v) is 7.09. The molecule has 1 N–H and O–H groups in total. The molecule has 0 spiro atoms. The summed E-state index contributed by atoms with van der Waals surface area (Å²) in [6.45, 7) is 4.38. The number of nitrogens with one attached hydrogen (secondary N) is 1. The zero-order valence-corrected chi connectivity index (χ0v) is 11.3. The standard InChI is InChI=1S/C12H13BrN2S/c13-12-8-9-10(2-1-3-11(9)16-12)15-6-4-14-5-7-15/h1-3,8,14H,4-7H2. The molecular formula is C12H13BrN2S. The van der Waals surface area contributed by atoms with Crippen LogP contribution in [-0.2, 0) is 0 Å². The Morgan fingerprint density at radius 3 is 2.88 bits per heavy atom. The molecule has 0 bridgehead atoms. The summed E-state index contributed by atoms with van der Waals surface area (Å²) in [5.74, 6) is 0. The van der Waals surface area contributed by atoms with Crippen molar-refractivity contribution in [2.75, 3.05) is 31.1 Å². The van der Waals surface area contributed by atoms with Crippen molar-refractivity contribution in [3.8, 4) is 0 Å². The summed E-state index contributed by atoms with van der Waals surface area (Å²) in [6.07, 6.45) is 0. The van der Waals surface area contributed by atoms with Crippen LogP contribution in [0.3, 0.4) is 0 Å². The molecule has 2 heterocycles. The molecule has 1 aliphatic heterocycles. The van der Waals surface area contributed by atoms with Crippen LogP contribution in [0.4, 0.5) is 5.69 Å². The van der Waals surface area contributed by atoms with E-state index in [1.165, 1.54) is 19.6 Å². The summed E-state index contributed by atoms with van der Waals surface area (Å²) < 4.78 is 2.58. The molecule has 2 aromatic rings. The van der Waals surface area contributed by atoms with Gasteiger partial charge in [-0.25, -0.2) is 0 Å². The summed E-state index contributed by atoms with van der Waals surface area (Å²) in [5, 5.41) is 4.77. The van der Waals surface area contributed by atoms with Gasteiger partial charge in [0.25, 0.3) is 0 Å². The van der Waals surface area contributed by atoms with Crippen LogP contribution in [0.2, 0.25) is 0 Å². The molecule has 2 nitrogen and oxygen atoms in total. The van der Waals surface area contributed by atoms with E-state index in [0.29, 0.717) is 0 Å². The molecule has 4 heteroatoms. The number of fused-ring (bicyclic) bond motifs is 1. The number of piperazine rings is 1. The van der Waals surface area contributed by atoms with Crippen molar-refractivity contribution >= 4 is 43.0 Å². The van der Waals surface area contributed by atoms with Crippen LogP contribution in [0.25, 0.3) is 10.1 Å². The van der Waals surface area contributed by atoms with Crippen molar-refractivity contribution in [1.82, 2.24) is 5.32 Å². The Morgan fingerprint density at radius 1 is 1.25 bits per heavy atom. The first-order valence-electron chi connectivity index (χ1n) is 5.48. The Labute approximate surface area is 107 Å². The lowest BCUT2D eigenvalue weighted by atomic mass is 10.2. The van der Waals surface area contributed by atoms with E-state index in [1.54, 1.807) is 11.3 Å². The Morgan fingerprint density at radius 2 is 2.06 bits per heavy atom. The molecule has 1 saturated heterocycles. The van der Waals surface area contributed by atoms with E-state index in [9.17, 15) is 0 Å². The number of anilines is 1. The molecule has 1 fully saturated rings. The fraction of sp³-hybridized carbons (Fsp3) is 0.333. The summed E-state index contributed by atoms with van der Waals surface area (Å²) in [6, 6.07) is 8.81. The van der Waals surface area contributed by atoms with Gasteiger partial charge in [0.15, 0.2) is 0 Å². The third-order valence-electron chi connectivity index (χ3n) is 2.97. The van der Waals surface area contributed by atoms with Gasteiger partial charge >= 0.3 is 0 Å². The smallest absolute Gasteiger partial charge is 0.0711 e. The zero-order valence-electron chi connectivity index (χ0n) is 8.87. The maximum atomic E-state index is 3.57. The number of thiophene rings is 1. The highest BCUT2D eigenvalue weighted by Gasteiger charge is 2.13. The first kappa shape index (κ1) is 10.6. The Kier molecular flexibility index (Phi) is 2.88. The zero-order chi connectivity index (χ0) is 11.0. The number of nitrogens with zero attached hydrogens (tertiary/aromatic N) is 1. The van der Waals surface area contributed by atoms with Crippen LogP contribution in [0, 0.1) is 0 Å². The second-order valence-electron chi connectivity index (χ2n) is 3.98. The maximum absolute atomic E-state index is 3.57. The Balaban J connectivity index is 2.07. The van der Waals surface area contributed by atoms with Gasteiger partial charge in [-0.3, -0.25) is 0 Å². The van der Waals surface area contributed by atoms with E-state index in [1.807, 2.05) is 0 Å². The largest absolute Gasteiger partial charge is 0.368 e. The van der Waals surface area contributed by atoms with Crippen LogP contribution in [0.5, 0.6) is 0 Å². The molecule has 84 valence electrons. The van der Waals surface area contributed by atoms with Crippen LogP contribution in [0.1, 0.15) is 0 Å². The summed E-state index contributed by atoms with van der Waals surface area (Å²) in [7, 11) is 0. The number of halogens is 1. The highest BCUT2D eigenvalue weighted by molar-refractivity contribution is 9.11. The quantitative estimate of drug-likeness (QED) is 0.870. The van der Waals surface area contributed by atoms with E-state index in [4.69, 9.17) is 0 Å². The Bertz CT molecular complexity index is 503. The fourth-order valence-electron chi connectivity index (χ4n) is 2.20. The lowest BCUT2D eigenvalue weighted by Crippen LogP contribution is -2.43. The Hall–Kier alpha value is -0.580. The van der Waals surface area contributed by atoms with Crippen LogP contribution in [0.15, 0.2) is 28.1 Å². The molecule has 1 aromatic heterocycles. The first-order chi connectivity index (χ1) is 7.84. The molecule has 0 saturated carbocycles. The minimum Gasteiger partial charge on any atom is -0.368 e. The molecule has 0 radical (unpaired) electrons. The lowest BCUT2D eigenvalue weighted by molar-refractivity contribution is 0.590. The average Bonchev–Trinajstić information content (AvgIpc) is 2.70. The third kappa shape index (κ3) is 1.85. The molecule has 16 heavy (non-hydrogen) atoms. The average molecular weight is 297 g/mol. The van der Waals surface area contributed by atoms with E-state index < -0.39 is 0 Å². The SMILES string of the molecule is Brc1cc2c(N3CCNCC3)cccc2s1. The molecule has 1 aliphatic rings. The van der Waals surface area contributed by atoms with Crippen LogP contribution in [-0.4, -0.2) is 26.2 Å². The monoisotopic (exact) mass is 296 g/mol. The van der Waals surface area contributed by atoms with Gasteiger partial charge in [0.1, 0.15) is 0 Å². The molecule has 1 aromatic carbocycles. The summed E-state index contributed by atoms with van der Waals surface area (Å²) >= 11 is 5.38. The second-order valence-corrected chi connectivity index (χ2v) is 6.44. The normalized spacial score (nSPS) is 16.9. The minimum atomic E-state index is 1.09. The predicted molar refractivity (Wildman–Crippen MR) is 74.6 cm³/mol. The van der Waals surface area contributed by atoms with Gasteiger partial charge in [0, 0.05) is 42.0 Å². The van der Waals surface area contributed by atoms with Gasteiger partial charge in [-0.2, -0.15) is 0 Å². The fourth-order valence-corrected chi connectivity index (χ4v) is 3.75. The van der Waals surface area contributed by atoms with E-state index in [-0.39, 0.29) is 0 Å². The van der Waals surface area contributed by atoms with E-state index >= 15 is 0 Å².